The molecule has 10 heteroatoms. The molecule has 1 aliphatic rings. The largest absolute Gasteiger partial charge is 0.339 e. The van der Waals surface area contributed by atoms with Crippen LogP contribution >= 0.6 is 0 Å². The van der Waals surface area contributed by atoms with Crippen LogP contribution in [0.1, 0.15) is 0 Å². The van der Waals surface area contributed by atoms with Crippen LogP contribution in [-0.4, -0.2) is 54.1 Å². The summed E-state index contributed by atoms with van der Waals surface area (Å²) in [5.41, 5.74) is 0. The first-order chi connectivity index (χ1) is 10.5. The zero-order valence-electron chi connectivity index (χ0n) is 11.4. The van der Waals surface area contributed by atoms with Crippen molar-refractivity contribution in [3.05, 3.63) is 36.2 Å². The number of aromatic amines is 1. The van der Waals surface area contributed by atoms with Crippen molar-refractivity contribution < 1.29 is 17.2 Å². The van der Waals surface area contributed by atoms with Crippen molar-refractivity contribution in [3.63, 3.8) is 0 Å². The highest BCUT2D eigenvalue weighted by atomic mass is 32.2. The van der Waals surface area contributed by atoms with Gasteiger partial charge in [0.2, 0.25) is 16.0 Å². The molecule has 118 valence electrons. The van der Waals surface area contributed by atoms with Gasteiger partial charge >= 0.3 is 0 Å². The molecule has 0 bridgehead atoms. The SMILES string of the molecule is O=S(=O)(c1ccc(F)cc1F)N1CCN(c2ncn[nH]2)CC1. The Morgan fingerprint density at radius 2 is 1.86 bits per heavy atom. The number of halogens is 2. The number of anilines is 1. The van der Waals surface area contributed by atoms with Gasteiger partial charge in [0.05, 0.1) is 0 Å². The van der Waals surface area contributed by atoms with E-state index in [1.807, 2.05) is 4.90 Å². The van der Waals surface area contributed by atoms with Crippen LogP contribution < -0.4 is 4.90 Å². The number of aromatic nitrogens is 3. The summed E-state index contributed by atoms with van der Waals surface area (Å²) in [6, 6.07) is 2.45. The van der Waals surface area contributed by atoms with Crippen LogP contribution in [0.2, 0.25) is 0 Å². The average molecular weight is 329 g/mol. The molecular weight excluding hydrogens is 316 g/mol. The number of benzene rings is 1. The van der Waals surface area contributed by atoms with Crippen molar-refractivity contribution in [2.75, 3.05) is 31.1 Å². The number of hydrogen-bond acceptors (Lipinski definition) is 5. The second kappa shape index (κ2) is 5.61. The molecule has 1 aromatic heterocycles. The third kappa shape index (κ3) is 2.66. The summed E-state index contributed by atoms with van der Waals surface area (Å²) in [4.78, 5) is 5.33. The van der Waals surface area contributed by atoms with Crippen LogP contribution in [0.5, 0.6) is 0 Å². The van der Waals surface area contributed by atoms with Gasteiger partial charge in [-0.3, -0.25) is 0 Å². The van der Waals surface area contributed by atoms with Gasteiger partial charge in [-0.1, -0.05) is 0 Å². The Morgan fingerprint density at radius 1 is 1.14 bits per heavy atom. The van der Waals surface area contributed by atoms with E-state index in [0.29, 0.717) is 25.1 Å². The first kappa shape index (κ1) is 14.9. The molecule has 0 saturated carbocycles. The Balaban J connectivity index is 1.77. The maximum absolute atomic E-state index is 13.7. The number of nitrogens with one attached hydrogen (secondary N) is 1. The van der Waals surface area contributed by atoms with E-state index in [1.165, 1.54) is 10.6 Å². The van der Waals surface area contributed by atoms with Crippen molar-refractivity contribution in [2.45, 2.75) is 4.90 Å². The van der Waals surface area contributed by atoms with Gasteiger partial charge < -0.3 is 4.90 Å². The zero-order valence-corrected chi connectivity index (χ0v) is 12.2. The normalized spacial score (nSPS) is 16.9. The van der Waals surface area contributed by atoms with Crippen molar-refractivity contribution in [3.8, 4) is 0 Å². The third-order valence-corrected chi connectivity index (χ3v) is 5.38. The molecule has 0 unspecified atom stereocenters. The Labute approximate surface area is 125 Å². The second-order valence-electron chi connectivity index (χ2n) is 4.77. The lowest BCUT2D eigenvalue weighted by Gasteiger charge is -2.33. The molecule has 0 spiro atoms. The Bertz CT molecular complexity index is 758. The molecule has 0 radical (unpaired) electrons. The number of hydrogen-bond donors (Lipinski definition) is 1. The summed E-state index contributed by atoms with van der Waals surface area (Å²) in [6.07, 6.45) is 1.37. The molecule has 0 aliphatic carbocycles. The molecule has 1 N–H and O–H groups in total. The van der Waals surface area contributed by atoms with Gasteiger partial charge in [0.1, 0.15) is 22.9 Å². The molecule has 3 rings (SSSR count). The minimum Gasteiger partial charge on any atom is -0.339 e. The van der Waals surface area contributed by atoms with Crippen molar-refractivity contribution in [1.29, 1.82) is 0 Å². The summed E-state index contributed by atoms with van der Waals surface area (Å²) in [7, 11) is -3.98. The summed E-state index contributed by atoms with van der Waals surface area (Å²) < 4.78 is 52.7. The Hall–Kier alpha value is -2.07. The summed E-state index contributed by atoms with van der Waals surface area (Å²) in [5.74, 6) is -1.34. The molecule has 1 aliphatic heterocycles. The molecule has 0 atom stereocenters. The first-order valence-corrected chi connectivity index (χ1v) is 7.98. The lowest BCUT2D eigenvalue weighted by atomic mass is 10.3. The lowest BCUT2D eigenvalue weighted by molar-refractivity contribution is 0.380. The van der Waals surface area contributed by atoms with E-state index in [2.05, 4.69) is 15.2 Å². The van der Waals surface area contributed by atoms with E-state index in [4.69, 9.17) is 0 Å². The molecule has 2 heterocycles. The molecule has 1 aromatic carbocycles. The number of rotatable bonds is 3. The fraction of sp³-hybridized carbons (Fsp3) is 0.333. The highest BCUT2D eigenvalue weighted by Crippen LogP contribution is 2.22. The smallest absolute Gasteiger partial charge is 0.246 e. The predicted octanol–water partition coefficient (Wildman–Crippen LogP) is 0.594. The highest BCUT2D eigenvalue weighted by molar-refractivity contribution is 7.89. The van der Waals surface area contributed by atoms with Crippen molar-refractivity contribution in [1.82, 2.24) is 19.5 Å². The van der Waals surface area contributed by atoms with Crippen LogP contribution in [-0.2, 0) is 10.0 Å². The van der Waals surface area contributed by atoms with Crippen molar-refractivity contribution >= 4 is 16.0 Å². The van der Waals surface area contributed by atoms with Crippen LogP contribution in [0.3, 0.4) is 0 Å². The topological polar surface area (TPSA) is 82.2 Å². The Morgan fingerprint density at radius 3 is 2.45 bits per heavy atom. The molecule has 7 nitrogen and oxygen atoms in total. The van der Waals surface area contributed by atoms with Crippen LogP contribution in [0.25, 0.3) is 0 Å². The first-order valence-electron chi connectivity index (χ1n) is 6.54. The summed E-state index contributed by atoms with van der Waals surface area (Å²) >= 11 is 0. The van der Waals surface area contributed by atoms with Gasteiger partial charge in [-0.2, -0.15) is 14.4 Å². The number of nitrogens with zero attached hydrogens (tertiary/aromatic N) is 4. The lowest BCUT2D eigenvalue weighted by Crippen LogP contribution is -2.49. The molecule has 1 saturated heterocycles. The summed E-state index contributed by atoms with van der Waals surface area (Å²) in [5, 5.41) is 6.44. The summed E-state index contributed by atoms with van der Waals surface area (Å²) in [6.45, 7) is 1.16. The van der Waals surface area contributed by atoms with Gasteiger partial charge in [0.15, 0.2) is 0 Å². The highest BCUT2D eigenvalue weighted by Gasteiger charge is 2.31. The molecular formula is C12H13F2N5O2S. The van der Waals surface area contributed by atoms with Crippen molar-refractivity contribution in [2.24, 2.45) is 0 Å². The van der Waals surface area contributed by atoms with E-state index >= 15 is 0 Å². The van der Waals surface area contributed by atoms with Gasteiger partial charge in [-0.15, -0.1) is 0 Å². The maximum atomic E-state index is 13.7. The van der Waals surface area contributed by atoms with E-state index in [-0.39, 0.29) is 13.1 Å². The average Bonchev–Trinajstić information content (AvgIpc) is 3.01. The zero-order chi connectivity index (χ0) is 15.7. The predicted molar refractivity (Wildman–Crippen MR) is 73.7 cm³/mol. The number of H-pyrrole nitrogens is 1. The van der Waals surface area contributed by atoms with Crippen LogP contribution in [0.15, 0.2) is 29.4 Å². The monoisotopic (exact) mass is 329 g/mol. The molecule has 1 fully saturated rings. The maximum Gasteiger partial charge on any atom is 0.246 e. The minimum absolute atomic E-state index is 0.180. The van der Waals surface area contributed by atoms with E-state index in [1.54, 1.807) is 0 Å². The quantitative estimate of drug-likeness (QED) is 0.891. The standard InChI is InChI=1S/C12H13F2N5O2S/c13-9-1-2-11(10(14)7-9)22(20,21)19-5-3-18(4-6-19)12-15-8-16-17-12/h1-2,7-8H,3-6H2,(H,15,16,17). The molecule has 2 aromatic rings. The minimum atomic E-state index is -3.98. The number of sulfonamides is 1. The Kier molecular flexibility index (Phi) is 3.79. The van der Waals surface area contributed by atoms with Crippen LogP contribution in [0, 0.1) is 11.6 Å². The fourth-order valence-electron chi connectivity index (χ4n) is 2.32. The van der Waals surface area contributed by atoms with Gasteiger partial charge in [-0.25, -0.2) is 22.3 Å². The molecule has 0 amide bonds. The number of piperazine rings is 1. The van der Waals surface area contributed by atoms with Gasteiger partial charge in [0.25, 0.3) is 0 Å². The van der Waals surface area contributed by atoms with E-state index < -0.39 is 26.6 Å². The third-order valence-electron chi connectivity index (χ3n) is 3.45. The van der Waals surface area contributed by atoms with Gasteiger partial charge in [0, 0.05) is 32.2 Å². The fourth-order valence-corrected chi connectivity index (χ4v) is 3.78. The van der Waals surface area contributed by atoms with E-state index in [0.717, 1.165) is 12.1 Å². The van der Waals surface area contributed by atoms with Gasteiger partial charge in [-0.05, 0) is 12.1 Å². The van der Waals surface area contributed by atoms with E-state index in [9.17, 15) is 17.2 Å². The second-order valence-corrected chi connectivity index (χ2v) is 6.68. The van der Waals surface area contributed by atoms with Crippen LogP contribution in [0.4, 0.5) is 14.7 Å². The molecule has 22 heavy (non-hydrogen) atoms.